The lowest BCUT2D eigenvalue weighted by atomic mass is 10.4. The molecule has 3 nitrogen and oxygen atoms in total. The molecule has 0 bridgehead atoms. The second kappa shape index (κ2) is 3.39. The van der Waals surface area contributed by atoms with Gasteiger partial charge in [-0.05, 0) is 6.07 Å². The van der Waals surface area contributed by atoms with Crippen LogP contribution in [0.3, 0.4) is 0 Å². The van der Waals surface area contributed by atoms with Crippen LogP contribution in [0.2, 0.25) is 0 Å². The van der Waals surface area contributed by atoms with Gasteiger partial charge in [-0.3, -0.25) is 9.55 Å². The molecule has 0 unspecified atom stereocenters. The van der Waals surface area contributed by atoms with Crippen LogP contribution in [0.1, 0.15) is 12.4 Å². The van der Waals surface area contributed by atoms with Gasteiger partial charge in [0.05, 0.1) is 11.7 Å². The molecule has 0 aliphatic rings. The van der Waals surface area contributed by atoms with E-state index in [2.05, 4.69) is 9.97 Å². The first-order valence-corrected chi connectivity index (χ1v) is 4.08. The predicted molar refractivity (Wildman–Crippen MR) is 43.8 cm³/mol. The molecule has 2 heterocycles. The molecule has 0 amide bonds. The third-order valence-corrected chi connectivity index (χ3v) is 1.94. The first-order chi connectivity index (χ1) is 7.41. The number of hydrogen-bond acceptors (Lipinski definition) is 2. The molecule has 16 heavy (non-hydrogen) atoms. The van der Waals surface area contributed by atoms with Crippen molar-refractivity contribution in [2.24, 2.45) is 0 Å². The summed E-state index contributed by atoms with van der Waals surface area (Å²) in [5, 5.41) is 0. The van der Waals surface area contributed by atoms with Crippen molar-refractivity contribution in [3.8, 4) is 0 Å². The minimum Gasteiger partial charge on any atom is -0.262 e. The Hall–Kier alpha value is -1.73. The van der Waals surface area contributed by atoms with Gasteiger partial charge in [-0.15, -0.1) is 0 Å². The number of aromatic nitrogens is 3. The lowest BCUT2D eigenvalue weighted by Crippen LogP contribution is -2.15. The zero-order valence-electron chi connectivity index (χ0n) is 7.54. The molecule has 2 rings (SSSR count). The summed E-state index contributed by atoms with van der Waals surface area (Å²) in [6, 6.07) is 1.06. The molecular formula is C8H4F5N3. The summed E-state index contributed by atoms with van der Waals surface area (Å²) < 4.78 is 62.1. The Morgan fingerprint density at radius 2 is 1.94 bits per heavy atom. The lowest BCUT2D eigenvalue weighted by molar-refractivity contribution is -0.151. The molecule has 0 aliphatic heterocycles. The second-order valence-corrected chi connectivity index (χ2v) is 2.95. The molecule has 0 spiro atoms. The zero-order chi connectivity index (χ0) is 11.9. The number of pyridine rings is 1. The smallest absolute Gasteiger partial charge is 0.262 e. The van der Waals surface area contributed by atoms with E-state index in [1.807, 2.05) is 0 Å². The fourth-order valence-corrected chi connectivity index (χ4v) is 1.35. The van der Waals surface area contributed by atoms with Crippen molar-refractivity contribution >= 4 is 11.0 Å². The van der Waals surface area contributed by atoms with Crippen molar-refractivity contribution in [1.82, 2.24) is 14.5 Å². The van der Waals surface area contributed by atoms with Gasteiger partial charge in [0.15, 0.2) is 0 Å². The highest BCUT2D eigenvalue weighted by atomic mass is 19.4. The van der Waals surface area contributed by atoms with Crippen molar-refractivity contribution < 1.29 is 22.0 Å². The molecule has 86 valence electrons. The van der Waals surface area contributed by atoms with Crippen LogP contribution >= 0.6 is 0 Å². The molecule has 8 heteroatoms. The van der Waals surface area contributed by atoms with Crippen LogP contribution in [-0.4, -0.2) is 14.5 Å². The third kappa shape index (κ3) is 1.59. The number of rotatable bonds is 1. The Labute approximate surface area is 85.5 Å². The molecule has 0 saturated carbocycles. The maximum absolute atomic E-state index is 12.5. The van der Waals surface area contributed by atoms with Crippen molar-refractivity contribution in [1.29, 1.82) is 0 Å². The number of fused-ring (bicyclic) bond motifs is 1. The summed E-state index contributed by atoms with van der Waals surface area (Å²) >= 11 is 0. The van der Waals surface area contributed by atoms with Gasteiger partial charge < -0.3 is 0 Å². The van der Waals surface area contributed by atoms with Crippen molar-refractivity contribution in [3.05, 3.63) is 24.3 Å². The van der Waals surface area contributed by atoms with E-state index in [9.17, 15) is 22.0 Å². The van der Waals surface area contributed by atoms with Crippen LogP contribution in [-0.2, 0) is 6.18 Å². The molecule has 2 aromatic rings. The molecule has 0 radical (unpaired) electrons. The number of nitrogens with zero attached hydrogens (tertiary/aromatic N) is 3. The van der Waals surface area contributed by atoms with Gasteiger partial charge in [0.2, 0.25) is 5.82 Å². The minimum atomic E-state index is -4.92. The number of hydrogen-bond donors (Lipinski definition) is 0. The van der Waals surface area contributed by atoms with E-state index in [-0.39, 0.29) is 15.6 Å². The highest BCUT2D eigenvalue weighted by molar-refractivity contribution is 5.74. The first-order valence-electron chi connectivity index (χ1n) is 4.08. The fraction of sp³-hybridized carbons (Fsp3) is 0.250. The van der Waals surface area contributed by atoms with E-state index in [1.54, 1.807) is 0 Å². The Kier molecular flexibility index (Phi) is 2.28. The normalized spacial score (nSPS) is 12.6. The molecule has 2 aromatic heterocycles. The molecule has 0 atom stereocenters. The van der Waals surface area contributed by atoms with Crippen LogP contribution in [0, 0.1) is 0 Å². The molecule has 0 fully saturated rings. The maximum atomic E-state index is 12.5. The quantitative estimate of drug-likeness (QED) is 0.714. The fourth-order valence-electron chi connectivity index (χ4n) is 1.35. The summed E-state index contributed by atoms with van der Waals surface area (Å²) in [4.78, 5) is 6.62. The summed E-state index contributed by atoms with van der Waals surface area (Å²) in [6.45, 7) is -3.30. The van der Waals surface area contributed by atoms with Gasteiger partial charge in [-0.2, -0.15) is 22.0 Å². The Morgan fingerprint density at radius 1 is 1.25 bits per heavy atom. The average molecular weight is 237 g/mol. The van der Waals surface area contributed by atoms with Crippen LogP contribution in [0.25, 0.3) is 11.0 Å². The summed E-state index contributed by atoms with van der Waals surface area (Å²) in [5.74, 6) is -1.62. The molecular weight excluding hydrogens is 233 g/mol. The highest BCUT2D eigenvalue weighted by Gasteiger charge is 2.39. The van der Waals surface area contributed by atoms with Gasteiger partial charge in [0.1, 0.15) is 5.52 Å². The van der Waals surface area contributed by atoms with E-state index in [4.69, 9.17) is 0 Å². The van der Waals surface area contributed by atoms with E-state index in [0.29, 0.717) is 0 Å². The average Bonchev–Trinajstić information content (AvgIpc) is 2.55. The molecule has 0 saturated heterocycles. The van der Waals surface area contributed by atoms with Crippen LogP contribution in [0.4, 0.5) is 22.0 Å². The molecule has 0 aromatic carbocycles. The first kappa shape index (κ1) is 10.8. The third-order valence-electron chi connectivity index (χ3n) is 1.94. The van der Waals surface area contributed by atoms with Crippen LogP contribution in [0.15, 0.2) is 18.5 Å². The topological polar surface area (TPSA) is 30.7 Å². The largest absolute Gasteiger partial charge is 0.449 e. The van der Waals surface area contributed by atoms with Gasteiger partial charge in [0.25, 0.3) is 0 Å². The minimum absolute atomic E-state index is 0.156. The van der Waals surface area contributed by atoms with E-state index in [0.717, 1.165) is 18.5 Å². The van der Waals surface area contributed by atoms with E-state index >= 15 is 0 Å². The Morgan fingerprint density at radius 3 is 2.50 bits per heavy atom. The lowest BCUT2D eigenvalue weighted by Gasteiger charge is -2.09. The van der Waals surface area contributed by atoms with Crippen LogP contribution < -0.4 is 0 Å². The Bertz CT molecular complexity index is 516. The van der Waals surface area contributed by atoms with Gasteiger partial charge in [-0.1, -0.05) is 0 Å². The summed E-state index contributed by atoms with van der Waals surface area (Å²) in [7, 11) is 0. The second-order valence-electron chi connectivity index (χ2n) is 2.95. The van der Waals surface area contributed by atoms with E-state index < -0.39 is 18.6 Å². The molecule has 0 N–H and O–H groups in total. The van der Waals surface area contributed by atoms with Crippen molar-refractivity contribution in [2.45, 2.75) is 12.7 Å². The van der Waals surface area contributed by atoms with Gasteiger partial charge >= 0.3 is 12.7 Å². The molecule has 0 aliphatic carbocycles. The van der Waals surface area contributed by atoms with Crippen LogP contribution in [0.5, 0.6) is 0 Å². The highest BCUT2D eigenvalue weighted by Crippen LogP contribution is 2.34. The Balaban J connectivity index is 2.78. The summed E-state index contributed by atoms with van der Waals surface area (Å²) in [6.07, 6.45) is -2.79. The monoisotopic (exact) mass is 237 g/mol. The number of halogens is 5. The van der Waals surface area contributed by atoms with Crippen molar-refractivity contribution in [2.75, 3.05) is 0 Å². The van der Waals surface area contributed by atoms with Gasteiger partial charge in [-0.25, -0.2) is 4.98 Å². The zero-order valence-corrected chi connectivity index (χ0v) is 7.54. The predicted octanol–water partition coefficient (Wildman–Crippen LogP) is 2.85. The standard InChI is InChI=1S/C8H4F5N3/c9-7(10)16-5-1-2-14-3-4(5)15-6(16)8(11,12)13/h1-3,7H. The SMILES string of the molecule is FC(F)n1c(C(F)(F)F)nc2cnccc21. The number of alkyl halides is 5. The number of imidazole rings is 1. The summed E-state index contributed by atoms with van der Waals surface area (Å²) in [5.41, 5.74) is -0.507. The van der Waals surface area contributed by atoms with E-state index in [1.165, 1.54) is 0 Å². The van der Waals surface area contributed by atoms with Crippen molar-refractivity contribution in [3.63, 3.8) is 0 Å². The van der Waals surface area contributed by atoms with Gasteiger partial charge in [0, 0.05) is 6.20 Å². The maximum Gasteiger partial charge on any atom is 0.449 e.